The molecule has 0 radical (unpaired) electrons. The van der Waals surface area contributed by atoms with Crippen molar-refractivity contribution in [2.24, 2.45) is 11.7 Å². The van der Waals surface area contributed by atoms with Crippen molar-refractivity contribution in [1.82, 2.24) is 0 Å². The number of hydrogen-bond donors (Lipinski definition) is 1. The van der Waals surface area contributed by atoms with E-state index in [4.69, 9.17) is 10.5 Å². The van der Waals surface area contributed by atoms with Gasteiger partial charge in [0.15, 0.2) is 0 Å². The molecule has 0 amide bonds. The molecule has 0 bridgehead atoms. The molecule has 0 heterocycles. The minimum absolute atomic E-state index is 0.324. The van der Waals surface area contributed by atoms with Gasteiger partial charge in [-0.3, -0.25) is 0 Å². The molecule has 1 unspecified atom stereocenters. The van der Waals surface area contributed by atoms with Crippen molar-refractivity contribution in [3.05, 3.63) is 35.9 Å². The quantitative estimate of drug-likeness (QED) is 0.805. The molecule has 1 aromatic carbocycles. The maximum Gasteiger partial charge on any atom is 0.105 e. The standard InChI is InChI=1S/C13H21NO/c1-11(2)9-13(10-14,15-3)12-7-5-4-6-8-12/h4-8,11H,9-10,14H2,1-3H3. The maximum absolute atomic E-state index is 5.87. The molecule has 84 valence electrons. The molecule has 1 aromatic rings. The summed E-state index contributed by atoms with van der Waals surface area (Å²) in [6.45, 7) is 4.89. The fraction of sp³-hybridized carbons (Fsp3) is 0.538. The molecule has 0 aliphatic heterocycles. The van der Waals surface area contributed by atoms with Gasteiger partial charge in [0.05, 0.1) is 0 Å². The minimum atomic E-state index is -0.324. The number of hydrogen-bond acceptors (Lipinski definition) is 2. The number of nitrogens with two attached hydrogens (primary N) is 1. The summed E-state index contributed by atoms with van der Waals surface area (Å²) in [5, 5.41) is 0. The van der Waals surface area contributed by atoms with Gasteiger partial charge in [-0.15, -0.1) is 0 Å². The summed E-state index contributed by atoms with van der Waals surface area (Å²) in [4.78, 5) is 0. The van der Waals surface area contributed by atoms with Gasteiger partial charge in [0.1, 0.15) is 5.60 Å². The summed E-state index contributed by atoms with van der Waals surface area (Å²) in [7, 11) is 1.74. The predicted molar refractivity (Wildman–Crippen MR) is 63.6 cm³/mol. The Hall–Kier alpha value is -0.860. The van der Waals surface area contributed by atoms with E-state index in [9.17, 15) is 0 Å². The normalized spacial score (nSPS) is 15.3. The first kappa shape index (κ1) is 12.2. The summed E-state index contributed by atoms with van der Waals surface area (Å²) in [6, 6.07) is 10.2. The van der Waals surface area contributed by atoms with Crippen LogP contribution in [0.4, 0.5) is 0 Å². The van der Waals surface area contributed by atoms with Gasteiger partial charge in [0.2, 0.25) is 0 Å². The highest BCUT2D eigenvalue weighted by molar-refractivity contribution is 5.23. The summed E-state index contributed by atoms with van der Waals surface area (Å²) in [5.74, 6) is 0.564. The van der Waals surface area contributed by atoms with Gasteiger partial charge in [-0.05, 0) is 17.9 Å². The van der Waals surface area contributed by atoms with Crippen LogP contribution < -0.4 is 5.73 Å². The molecule has 0 fully saturated rings. The van der Waals surface area contributed by atoms with E-state index in [1.807, 2.05) is 18.2 Å². The molecular formula is C13H21NO. The average molecular weight is 207 g/mol. The Balaban J connectivity index is 3.00. The number of benzene rings is 1. The fourth-order valence-corrected chi connectivity index (χ4v) is 2.00. The highest BCUT2D eigenvalue weighted by atomic mass is 16.5. The monoisotopic (exact) mass is 207 g/mol. The van der Waals surface area contributed by atoms with Crippen molar-refractivity contribution in [1.29, 1.82) is 0 Å². The van der Waals surface area contributed by atoms with Crippen molar-refractivity contribution >= 4 is 0 Å². The van der Waals surface area contributed by atoms with Gasteiger partial charge in [0, 0.05) is 13.7 Å². The van der Waals surface area contributed by atoms with Gasteiger partial charge in [-0.25, -0.2) is 0 Å². The third-order valence-corrected chi connectivity index (χ3v) is 2.76. The molecule has 0 spiro atoms. The average Bonchev–Trinajstić information content (AvgIpc) is 2.27. The Morgan fingerprint density at radius 3 is 2.27 bits per heavy atom. The highest BCUT2D eigenvalue weighted by Crippen LogP contribution is 2.30. The van der Waals surface area contributed by atoms with Gasteiger partial charge in [-0.1, -0.05) is 44.2 Å². The Bertz CT molecular complexity index is 278. The Kier molecular flexibility index (Phi) is 4.30. The third-order valence-electron chi connectivity index (χ3n) is 2.76. The van der Waals surface area contributed by atoms with E-state index in [0.29, 0.717) is 12.5 Å². The summed E-state index contributed by atoms with van der Waals surface area (Å²) in [5.41, 5.74) is 6.72. The van der Waals surface area contributed by atoms with Crippen LogP contribution in [0.1, 0.15) is 25.8 Å². The van der Waals surface area contributed by atoms with E-state index < -0.39 is 0 Å². The first-order valence-electron chi connectivity index (χ1n) is 5.45. The van der Waals surface area contributed by atoms with Gasteiger partial charge in [-0.2, -0.15) is 0 Å². The lowest BCUT2D eigenvalue weighted by Crippen LogP contribution is -2.38. The van der Waals surface area contributed by atoms with Crippen molar-refractivity contribution in [3.63, 3.8) is 0 Å². The molecule has 15 heavy (non-hydrogen) atoms. The summed E-state index contributed by atoms with van der Waals surface area (Å²) >= 11 is 0. The van der Waals surface area contributed by atoms with Crippen molar-refractivity contribution in [2.45, 2.75) is 25.9 Å². The molecule has 2 heteroatoms. The van der Waals surface area contributed by atoms with Crippen LogP contribution in [0.3, 0.4) is 0 Å². The van der Waals surface area contributed by atoms with E-state index in [1.165, 1.54) is 5.56 Å². The van der Waals surface area contributed by atoms with Crippen LogP contribution in [0.15, 0.2) is 30.3 Å². The van der Waals surface area contributed by atoms with Crippen molar-refractivity contribution < 1.29 is 4.74 Å². The number of methoxy groups -OCH3 is 1. The zero-order chi connectivity index (χ0) is 11.3. The molecule has 0 aliphatic rings. The molecule has 2 N–H and O–H groups in total. The fourth-order valence-electron chi connectivity index (χ4n) is 2.00. The van der Waals surface area contributed by atoms with Gasteiger partial charge >= 0.3 is 0 Å². The van der Waals surface area contributed by atoms with E-state index in [0.717, 1.165) is 6.42 Å². The lowest BCUT2D eigenvalue weighted by Gasteiger charge is -2.33. The second kappa shape index (κ2) is 5.29. The van der Waals surface area contributed by atoms with Crippen LogP contribution in [0.25, 0.3) is 0 Å². The molecular weight excluding hydrogens is 186 g/mol. The Morgan fingerprint density at radius 1 is 1.27 bits per heavy atom. The van der Waals surface area contributed by atoms with Crippen LogP contribution in [0.5, 0.6) is 0 Å². The zero-order valence-electron chi connectivity index (χ0n) is 9.86. The molecule has 1 rings (SSSR count). The predicted octanol–water partition coefficient (Wildman–Crippen LogP) is 2.53. The van der Waals surface area contributed by atoms with Crippen LogP contribution in [0.2, 0.25) is 0 Å². The van der Waals surface area contributed by atoms with Crippen LogP contribution >= 0.6 is 0 Å². The van der Waals surface area contributed by atoms with Gasteiger partial charge in [0.25, 0.3) is 0 Å². The number of rotatable bonds is 5. The largest absolute Gasteiger partial charge is 0.372 e. The molecule has 0 saturated heterocycles. The molecule has 2 nitrogen and oxygen atoms in total. The first-order chi connectivity index (χ1) is 7.14. The number of ether oxygens (including phenoxy) is 1. The Morgan fingerprint density at radius 2 is 1.87 bits per heavy atom. The van der Waals surface area contributed by atoms with E-state index in [1.54, 1.807) is 7.11 Å². The second-order valence-corrected chi connectivity index (χ2v) is 4.37. The van der Waals surface area contributed by atoms with Gasteiger partial charge < -0.3 is 10.5 Å². The van der Waals surface area contributed by atoms with E-state index in [2.05, 4.69) is 26.0 Å². The summed E-state index contributed by atoms with van der Waals surface area (Å²) in [6.07, 6.45) is 0.948. The SMILES string of the molecule is COC(CN)(CC(C)C)c1ccccc1. The summed E-state index contributed by atoms with van der Waals surface area (Å²) < 4.78 is 5.66. The minimum Gasteiger partial charge on any atom is -0.372 e. The van der Waals surface area contributed by atoms with Crippen LogP contribution in [-0.2, 0) is 10.3 Å². The zero-order valence-corrected chi connectivity index (χ0v) is 9.86. The van der Waals surface area contributed by atoms with Crippen LogP contribution in [-0.4, -0.2) is 13.7 Å². The highest BCUT2D eigenvalue weighted by Gasteiger charge is 2.31. The third kappa shape index (κ3) is 2.80. The Labute approximate surface area is 92.4 Å². The van der Waals surface area contributed by atoms with Crippen molar-refractivity contribution in [2.75, 3.05) is 13.7 Å². The van der Waals surface area contributed by atoms with E-state index in [-0.39, 0.29) is 5.60 Å². The van der Waals surface area contributed by atoms with E-state index >= 15 is 0 Å². The topological polar surface area (TPSA) is 35.2 Å². The maximum atomic E-state index is 5.87. The molecule has 0 saturated carbocycles. The molecule has 0 aliphatic carbocycles. The lowest BCUT2D eigenvalue weighted by atomic mass is 9.85. The van der Waals surface area contributed by atoms with Crippen molar-refractivity contribution in [3.8, 4) is 0 Å². The second-order valence-electron chi connectivity index (χ2n) is 4.37. The lowest BCUT2D eigenvalue weighted by molar-refractivity contribution is -0.0238. The molecule has 1 atom stereocenters. The van der Waals surface area contributed by atoms with Crippen LogP contribution in [0, 0.1) is 5.92 Å². The molecule has 0 aromatic heterocycles. The smallest absolute Gasteiger partial charge is 0.105 e. The first-order valence-corrected chi connectivity index (χ1v) is 5.45.